The van der Waals surface area contributed by atoms with Gasteiger partial charge in [-0.25, -0.2) is 4.39 Å². The van der Waals surface area contributed by atoms with Crippen LogP contribution >= 0.6 is 15.9 Å². The monoisotopic (exact) mass is 230 g/mol. The second kappa shape index (κ2) is 3.56. The average Bonchev–Trinajstić information content (AvgIpc) is 1.96. The standard InChI is InChI=1S/C10H12BrF/c1-6(2)8-4-7(3)9(11)5-10(8)12/h4-6H,1-3H3. The lowest BCUT2D eigenvalue weighted by Crippen LogP contribution is -1.94. The Hall–Kier alpha value is -0.370. The zero-order valence-corrected chi connectivity index (χ0v) is 9.07. The zero-order chi connectivity index (χ0) is 9.30. The first kappa shape index (κ1) is 9.72. The van der Waals surface area contributed by atoms with Gasteiger partial charge >= 0.3 is 0 Å². The third-order valence-corrected chi connectivity index (χ3v) is 2.75. The van der Waals surface area contributed by atoms with Gasteiger partial charge < -0.3 is 0 Å². The van der Waals surface area contributed by atoms with Gasteiger partial charge in [-0.2, -0.15) is 0 Å². The van der Waals surface area contributed by atoms with Gasteiger partial charge in [-0.05, 0) is 30.0 Å². The molecule has 0 unspecified atom stereocenters. The van der Waals surface area contributed by atoms with Crippen molar-refractivity contribution in [3.8, 4) is 0 Å². The fourth-order valence-corrected chi connectivity index (χ4v) is 1.44. The maximum absolute atomic E-state index is 13.3. The van der Waals surface area contributed by atoms with Gasteiger partial charge in [-0.1, -0.05) is 35.8 Å². The number of hydrogen-bond acceptors (Lipinski definition) is 0. The summed E-state index contributed by atoms with van der Waals surface area (Å²) in [6.45, 7) is 5.95. The largest absolute Gasteiger partial charge is 0.207 e. The molecule has 0 spiro atoms. The van der Waals surface area contributed by atoms with E-state index in [1.165, 1.54) is 6.07 Å². The molecule has 0 saturated carbocycles. The van der Waals surface area contributed by atoms with E-state index >= 15 is 0 Å². The van der Waals surface area contributed by atoms with Crippen molar-refractivity contribution in [1.29, 1.82) is 0 Å². The highest BCUT2D eigenvalue weighted by atomic mass is 79.9. The Balaban J connectivity index is 3.23. The van der Waals surface area contributed by atoms with Crippen LogP contribution in [0.3, 0.4) is 0 Å². The average molecular weight is 231 g/mol. The first-order valence-corrected chi connectivity index (χ1v) is 4.77. The minimum Gasteiger partial charge on any atom is -0.207 e. The van der Waals surface area contributed by atoms with Crippen LogP contribution in [0.4, 0.5) is 4.39 Å². The van der Waals surface area contributed by atoms with Crippen molar-refractivity contribution in [2.45, 2.75) is 26.7 Å². The Morgan fingerprint density at radius 3 is 2.42 bits per heavy atom. The lowest BCUT2D eigenvalue weighted by atomic mass is 10.0. The molecule has 66 valence electrons. The van der Waals surface area contributed by atoms with E-state index in [9.17, 15) is 4.39 Å². The summed E-state index contributed by atoms with van der Waals surface area (Å²) in [5.41, 5.74) is 1.87. The zero-order valence-electron chi connectivity index (χ0n) is 7.49. The van der Waals surface area contributed by atoms with Crippen LogP contribution < -0.4 is 0 Å². The minimum absolute atomic E-state index is 0.123. The predicted molar refractivity (Wildman–Crippen MR) is 52.9 cm³/mol. The molecule has 12 heavy (non-hydrogen) atoms. The highest BCUT2D eigenvalue weighted by molar-refractivity contribution is 9.10. The minimum atomic E-state index is -0.123. The third-order valence-electron chi connectivity index (χ3n) is 1.90. The Labute approximate surface area is 80.9 Å². The molecule has 0 aliphatic rings. The van der Waals surface area contributed by atoms with Crippen molar-refractivity contribution < 1.29 is 4.39 Å². The van der Waals surface area contributed by atoms with Crippen LogP contribution in [0.1, 0.15) is 30.9 Å². The highest BCUT2D eigenvalue weighted by Gasteiger charge is 2.08. The van der Waals surface area contributed by atoms with Gasteiger partial charge in [-0.15, -0.1) is 0 Å². The molecule has 1 rings (SSSR count). The first-order chi connectivity index (χ1) is 5.52. The Morgan fingerprint density at radius 2 is 1.92 bits per heavy atom. The quantitative estimate of drug-likeness (QED) is 0.684. The van der Waals surface area contributed by atoms with Gasteiger partial charge in [0.1, 0.15) is 5.82 Å². The summed E-state index contributed by atoms with van der Waals surface area (Å²) in [7, 11) is 0. The van der Waals surface area contributed by atoms with Crippen molar-refractivity contribution in [1.82, 2.24) is 0 Å². The molecule has 0 aromatic heterocycles. The van der Waals surface area contributed by atoms with Gasteiger partial charge in [0.15, 0.2) is 0 Å². The number of hydrogen-bond donors (Lipinski definition) is 0. The van der Waals surface area contributed by atoms with Crippen LogP contribution in [-0.4, -0.2) is 0 Å². The normalized spacial score (nSPS) is 10.8. The molecule has 0 nitrogen and oxygen atoms in total. The first-order valence-electron chi connectivity index (χ1n) is 3.98. The van der Waals surface area contributed by atoms with Crippen molar-refractivity contribution in [3.63, 3.8) is 0 Å². The van der Waals surface area contributed by atoms with Crippen LogP contribution in [-0.2, 0) is 0 Å². The van der Waals surface area contributed by atoms with E-state index in [-0.39, 0.29) is 11.7 Å². The maximum Gasteiger partial charge on any atom is 0.127 e. The van der Waals surface area contributed by atoms with E-state index in [4.69, 9.17) is 0 Å². The number of halogens is 2. The number of benzene rings is 1. The summed E-state index contributed by atoms with van der Waals surface area (Å²) in [4.78, 5) is 0. The second-order valence-corrected chi connectivity index (χ2v) is 4.13. The molecule has 2 heteroatoms. The summed E-state index contributed by atoms with van der Waals surface area (Å²) in [6.07, 6.45) is 0. The van der Waals surface area contributed by atoms with Crippen LogP contribution in [0.25, 0.3) is 0 Å². The number of rotatable bonds is 1. The summed E-state index contributed by atoms with van der Waals surface area (Å²) in [5, 5.41) is 0. The Morgan fingerprint density at radius 1 is 1.33 bits per heavy atom. The van der Waals surface area contributed by atoms with Crippen LogP contribution in [0.2, 0.25) is 0 Å². The van der Waals surface area contributed by atoms with Crippen molar-refractivity contribution >= 4 is 15.9 Å². The van der Waals surface area contributed by atoms with Crippen molar-refractivity contribution in [2.24, 2.45) is 0 Å². The molecule has 1 aromatic carbocycles. The van der Waals surface area contributed by atoms with Crippen molar-refractivity contribution in [2.75, 3.05) is 0 Å². The molecule has 0 saturated heterocycles. The van der Waals surface area contributed by atoms with E-state index in [1.54, 1.807) is 0 Å². The van der Waals surface area contributed by atoms with Crippen molar-refractivity contribution in [3.05, 3.63) is 33.5 Å². The smallest absolute Gasteiger partial charge is 0.127 e. The van der Waals surface area contributed by atoms with Gasteiger partial charge in [0, 0.05) is 4.47 Å². The molecule has 0 amide bonds. The van der Waals surface area contributed by atoms with E-state index in [0.717, 1.165) is 15.6 Å². The fraction of sp³-hybridized carbons (Fsp3) is 0.400. The lowest BCUT2D eigenvalue weighted by Gasteiger charge is -2.08. The molecular weight excluding hydrogens is 219 g/mol. The summed E-state index contributed by atoms with van der Waals surface area (Å²) < 4.78 is 14.1. The van der Waals surface area contributed by atoms with E-state index in [1.807, 2.05) is 26.8 Å². The SMILES string of the molecule is Cc1cc(C(C)C)c(F)cc1Br. The van der Waals surface area contributed by atoms with Gasteiger partial charge in [0.05, 0.1) is 0 Å². The highest BCUT2D eigenvalue weighted by Crippen LogP contribution is 2.25. The second-order valence-electron chi connectivity index (χ2n) is 3.28. The topological polar surface area (TPSA) is 0 Å². The van der Waals surface area contributed by atoms with Crippen LogP contribution in [0.5, 0.6) is 0 Å². The molecule has 0 radical (unpaired) electrons. The summed E-state index contributed by atoms with van der Waals surface area (Å²) in [5.74, 6) is 0.124. The molecule has 0 fully saturated rings. The third kappa shape index (κ3) is 1.86. The Bertz CT molecular complexity index is 292. The predicted octanol–water partition coefficient (Wildman–Crippen LogP) is 4.02. The van der Waals surface area contributed by atoms with E-state index in [0.29, 0.717) is 0 Å². The van der Waals surface area contributed by atoms with Gasteiger partial charge in [0.25, 0.3) is 0 Å². The fourth-order valence-electron chi connectivity index (χ4n) is 1.12. The van der Waals surface area contributed by atoms with Crippen LogP contribution in [0, 0.1) is 12.7 Å². The number of aryl methyl sites for hydroxylation is 1. The van der Waals surface area contributed by atoms with E-state index in [2.05, 4.69) is 15.9 Å². The molecule has 0 aliphatic heterocycles. The van der Waals surface area contributed by atoms with Gasteiger partial charge in [0.2, 0.25) is 0 Å². The molecular formula is C10H12BrF. The lowest BCUT2D eigenvalue weighted by molar-refractivity contribution is 0.596. The Kier molecular flexibility index (Phi) is 2.89. The molecule has 0 bridgehead atoms. The summed E-state index contributed by atoms with van der Waals surface area (Å²) in [6, 6.07) is 3.43. The molecule has 0 heterocycles. The van der Waals surface area contributed by atoms with E-state index < -0.39 is 0 Å². The molecule has 0 aliphatic carbocycles. The maximum atomic E-state index is 13.3. The molecule has 1 aromatic rings. The van der Waals surface area contributed by atoms with Gasteiger partial charge in [-0.3, -0.25) is 0 Å². The van der Waals surface area contributed by atoms with Crippen LogP contribution in [0.15, 0.2) is 16.6 Å². The molecule has 0 atom stereocenters. The molecule has 0 N–H and O–H groups in total. The summed E-state index contributed by atoms with van der Waals surface area (Å²) >= 11 is 3.29.